The van der Waals surface area contributed by atoms with Crippen LogP contribution in [0.1, 0.15) is 19.8 Å². The highest BCUT2D eigenvalue weighted by Gasteiger charge is 2.28. The first kappa shape index (κ1) is 21.1. The first-order valence-electron chi connectivity index (χ1n) is 6.70. The first-order valence-corrected chi connectivity index (χ1v) is 7.33. The SMILES string of the molecule is CC(O)C(N)C(=O)NC(CS)C(=O)NC(CCC(=O)O)C(=O)O. The van der Waals surface area contributed by atoms with E-state index in [0.29, 0.717) is 0 Å². The summed E-state index contributed by atoms with van der Waals surface area (Å²) in [6.07, 6.45) is -1.89. The molecule has 0 aromatic heterocycles. The zero-order chi connectivity index (χ0) is 18.2. The number of carbonyl (C=O) groups is 4. The fourth-order valence-corrected chi connectivity index (χ4v) is 1.74. The molecule has 7 N–H and O–H groups in total. The summed E-state index contributed by atoms with van der Waals surface area (Å²) >= 11 is 3.89. The van der Waals surface area contributed by atoms with Crippen LogP contribution in [0.2, 0.25) is 0 Å². The lowest BCUT2D eigenvalue weighted by molar-refractivity contribution is -0.143. The number of carboxylic acids is 2. The van der Waals surface area contributed by atoms with E-state index >= 15 is 0 Å². The third kappa shape index (κ3) is 7.81. The van der Waals surface area contributed by atoms with Gasteiger partial charge in [-0.3, -0.25) is 14.4 Å². The minimum Gasteiger partial charge on any atom is -0.481 e. The van der Waals surface area contributed by atoms with Crippen LogP contribution in [-0.4, -0.2) is 69.1 Å². The molecule has 0 radical (unpaired) electrons. The van der Waals surface area contributed by atoms with E-state index in [2.05, 4.69) is 23.3 Å². The molecular weight excluding hydrogens is 330 g/mol. The molecule has 132 valence electrons. The minimum atomic E-state index is -1.41. The highest BCUT2D eigenvalue weighted by molar-refractivity contribution is 7.80. The van der Waals surface area contributed by atoms with Gasteiger partial charge in [0.2, 0.25) is 11.8 Å². The number of nitrogens with two attached hydrogens (primary N) is 1. The molecule has 0 saturated heterocycles. The lowest BCUT2D eigenvalue weighted by Crippen LogP contribution is -2.57. The summed E-state index contributed by atoms with van der Waals surface area (Å²) < 4.78 is 0. The van der Waals surface area contributed by atoms with E-state index in [0.717, 1.165) is 0 Å². The molecule has 10 nitrogen and oxygen atoms in total. The number of aliphatic carboxylic acids is 2. The van der Waals surface area contributed by atoms with Gasteiger partial charge in [0, 0.05) is 12.2 Å². The summed E-state index contributed by atoms with van der Waals surface area (Å²) in [7, 11) is 0. The molecule has 0 spiro atoms. The van der Waals surface area contributed by atoms with Crippen molar-refractivity contribution in [3.05, 3.63) is 0 Å². The Morgan fingerprint density at radius 2 is 1.61 bits per heavy atom. The molecule has 0 aromatic carbocycles. The van der Waals surface area contributed by atoms with Crippen molar-refractivity contribution in [3.63, 3.8) is 0 Å². The molecule has 4 unspecified atom stereocenters. The number of aliphatic hydroxyl groups excluding tert-OH is 1. The molecule has 0 saturated carbocycles. The van der Waals surface area contributed by atoms with E-state index in [1.54, 1.807) is 0 Å². The predicted octanol–water partition coefficient (Wildman–Crippen LogP) is -2.46. The number of thiol groups is 1. The number of nitrogens with one attached hydrogen (secondary N) is 2. The van der Waals surface area contributed by atoms with Gasteiger partial charge in [-0.25, -0.2) is 4.79 Å². The Balaban J connectivity index is 4.76. The second-order valence-corrected chi connectivity index (χ2v) is 5.21. The van der Waals surface area contributed by atoms with Gasteiger partial charge in [-0.1, -0.05) is 0 Å². The van der Waals surface area contributed by atoms with E-state index in [1.165, 1.54) is 6.92 Å². The Bertz CT molecular complexity index is 458. The maximum atomic E-state index is 12.0. The molecule has 0 aromatic rings. The van der Waals surface area contributed by atoms with Crippen LogP contribution in [-0.2, 0) is 19.2 Å². The molecular formula is C12H21N3O7S. The summed E-state index contributed by atoms with van der Waals surface area (Å²) in [5.74, 6) is -4.39. The summed E-state index contributed by atoms with van der Waals surface area (Å²) in [5.41, 5.74) is 5.42. The van der Waals surface area contributed by atoms with Crippen molar-refractivity contribution in [2.45, 2.75) is 44.0 Å². The van der Waals surface area contributed by atoms with Gasteiger partial charge in [0.05, 0.1) is 6.10 Å². The van der Waals surface area contributed by atoms with Crippen molar-refractivity contribution < 1.29 is 34.5 Å². The van der Waals surface area contributed by atoms with Crippen molar-refractivity contribution >= 4 is 36.4 Å². The zero-order valence-corrected chi connectivity index (χ0v) is 13.3. The maximum Gasteiger partial charge on any atom is 0.326 e. The largest absolute Gasteiger partial charge is 0.481 e. The van der Waals surface area contributed by atoms with Gasteiger partial charge in [0.15, 0.2) is 0 Å². The molecule has 0 heterocycles. The molecule has 0 aliphatic carbocycles. The normalized spacial score (nSPS) is 15.8. The Morgan fingerprint density at radius 3 is 2.00 bits per heavy atom. The van der Waals surface area contributed by atoms with Gasteiger partial charge in [-0.05, 0) is 13.3 Å². The molecule has 0 fully saturated rings. The van der Waals surface area contributed by atoms with Gasteiger partial charge in [0.1, 0.15) is 18.1 Å². The number of aliphatic hydroxyl groups is 1. The third-order valence-electron chi connectivity index (χ3n) is 2.90. The lowest BCUT2D eigenvalue weighted by Gasteiger charge is -2.22. The second kappa shape index (κ2) is 10.0. The van der Waals surface area contributed by atoms with E-state index < -0.39 is 54.4 Å². The number of amides is 2. The van der Waals surface area contributed by atoms with Gasteiger partial charge < -0.3 is 31.7 Å². The lowest BCUT2D eigenvalue weighted by atomic mass is 10.1. The minimum absolute atomic E-state index is 0.143. The molecule has 2 amide bonds. The van der Waals surface area contributed by atoms with Crippen LogP contribution in [0.25, 0.3) is 0 Å². The summed E-state index contributed by atoms with van der Waals surface area (Å²) in [6.45, 7) is 1.30. The monoisotopic (exact) mass is 351 g/mol. The van der Waals surface area contributed by atoms with Crippen LogP contribution in [0, 0.1) is 0 Å². The average Bonchev–Trinajstić information content (AvgIpc) is 2.46. The summed E-state index contributed by atoms with van der Waals surface area (Å²) in [6, 6.07) is -3.85. The quantitative estimate of drug-likeness (QED) is 0.212. The predicted molar refractivity (Wildman–Crippen MR) is 81.9 cm³/mol. The van der Waals surface area contributed by atoms with Crippen molar-refractivity contribution in [1.82, 2.24) is 10.6 Å². The van der Waals surface area contributed by atoms with Crippen molar-refractivity contribution in [2.24, 2.45) is 5.73 Å². The molecule has 4 atom stereocenters. The van der Waals surface area contributed by atoms with Crippen molar-refractivity contribution in [2.75, 3.05) is 5.75 Å². The van der Waals surface area contributed by atoms with Gasteiger partial charge in [-0.2, -0.15) is 12.6 Å². The topological polar surface area (TPSA) is 179 Å². The Morgan fingerprint density at radius 1 is 1.09 bits per heavy atom. The number of hydrogen-bond donors (Lipinski definition) is 7. The highest BCUT2D eigenvalue weighted by Crippen LogP contribution is 2.00. The molecule has 0 rings (SSSR count). The first-order chi connectivity index (χ1) is 10.6. The number of carboxylic acid groups (broad SMARTS) is 2. The average molecular weight is 351 g/mol. The van der Waals surface area contributed by atoms with E-state index in [4.69, 9.17) is 15.9 Å². The molecule has 0 aliphatic heterocycles. The number of carbonyl (C=O) groups excluding carboxylic acids is 2. The highest BCUT2D eigenvalue weighted by atomic mass is 32.1. The summed E-state index contributed by atoms with van der Waals surface area (Å²) in [5, 5.41) is 31.1. The zero-order valence-electron chi connectivity index (χ0n) is 12.4. The Labute approximate surface area is 137 Å². The standard InChI is InChI=1S/C12H21N3O7S/c1-5(16)9(13)11(20)15-7(4-23)10(19)14-6(12(21)22)2-3-8(17)18/h5-7,9,16,23H,2-4,13H2,1H3,(H,14,19)(H,15,20)(H,17,18)(H,21,22). The number of rotatable bonds is 10. The van der Waals surface area contributed by atoms with Crippen LogP contribution in [0.4, 0.5) is 0 Å². The van der Waals surface area contributed by atoms with Crippen LogP contribution in [0.15, 0.2) is 0 Å². The molecule has 0 aliphatic rings. The van der Waals surface area contributed by atoms with Crippen LogP contribution in [0.5, 0.6) is 0 Å². The van der Waals surface area contributed by atoms with Crippen molar-refractivity contribution in [3.8, 4) is 0 Å². The van der Waals surface area contributed by atoms with Crippen LogP contribution in [0.3, 0.4) is 0 Å². The van der Waals surface area contributed by atoms with Crippen molar-refractivity contribution in [1.29, 1.82) is 0 Å². The van der Waals surface area contributed by atoms with Gasteiger partial charge >= 0.3 is 11.9 Å². The maximum absolute atomic E-state index is 12.0. The third-order valence-corrected chi connectivity index (χ3v) is 3.26. The van der Waals surface area contributed by atoms with E-state index in [9.17, 15) is 24.3 Å². The Kier molecular flexibility index (Phi) is 9.22. The Hall–Kier alpha value is -1.85. The van der Waals surface area contributed by atoms with Gasteiger partial charge in [0.25, 0.3) is 0 Å². The smallest absolute Gasteiger partial charge is 0.326 e. The van der Waals surface area contributed by atoms with Crippen LogP contribution >= 0.6 is 12.6 Å². The molecule has 11 heteroatoms. The van der Waals surface area contributed by atoms with Crippen LogP contribution < -0.4 is 16.4 Å². The summed E-state index contributed by atoms with van der Waals surface area (Å²) in [4.78, 5) is 45.1. The fourth-order valence-electron chi connectivity index (χ4n) is 1.48. The number of hydrogen-bond acceptors (Lipinski definition) is 7. The second-order valence-electron chi connectivity index (χ2n) is 4.84. The van der Waals surface area contributed by atoms with E-state index in [-0.39, 0.29) is 12.2 Å². The molecule has 23 heavy (non-hydrogen) atoms. The van der Waals surface area contributed by atoms with E-state index in [1.807, 2.05) is 0 Å². The fraction of sp³-hybridized carbons (Fsp3) is 0.667. The van der Waals surface area contributed by atoms with Gasteiger partial charge in [-0.15, -0.1) is 0 Å². The molecule has 0 bridgehead atoms.